The summed E-state index contributed by atoms with van der Waals surface area (Å²) >= 11 is 1.60. The Hall–Kier alpha value is -1.16. The molecule has 0 saturated heterocycles. The fourth-order valence-electron chi connectivity index (χ4n) is 2.41. The van der Waals surface area contributed by atoms with Gasteiger partial charge in [0.25, 0.3) is 0 Å². The van der Waals surface area contributed by atoms with E-state index in [1.165, 1.54) is 18.4 Å². The Morgan fingerprint density at radius 2 is 2.37 bits per heavy atom. The third-order valence-electron chi connectivity index (χ3n) is 3.80. The molecule has 3 nitrogen and oxygen atoms in total. The molecule has 1 heterocycles. The molecule has 0 bridgehead atoms. The number of carbonyl (C=O) groups is 1. The second-order valence-corrected chi connectivity index (χ2v) is 6.25. The lowest BCUT2D eigenvalue weighted by Gasteiger charge is -2.28. The van der Waals surface area contributed by atoms with Crippen molar-refractivity contribution in [2.45, 2.75) is 57.9 Å². The summed E-state index contributed by atoms with van der Waals surface area (Å²) in [5.74, 6) is 0.118. The predicted molar refractivity (Wildman–Crippen MR) is 79.1 cm³/mol. The SMILES string of the molecule is CC[C@@](C)(NC(=O)CC1=CCCCC1)c1nccs1. The Kier molecular flexibility index (Phi) is 4.75. The lowest BCUT2D eigenvalue weighted by Crippen LogP contribution is -2.43. The summed E-state index contributed by atoms with van der Waals surface area (Å²) < 4.78 is 0. The van der Waals surface area contributed by atoms with Crippen LogP contribution >= 0.6 is 11.3 Å². The third kappa shape index (κ3) is 3.66. The zero-order chi connectivity index (χ0) is 13.7. The Morgan fingerprint density at radius 1 is 1.53 bits per heavy atom. The molecule has 1 N–H and O–H groups in total. The maximum Gasteiger partial charge on any atom is 0.224 e. The highest BCUT2D eigenvalue weighted by Gasteiger charge is 2.29. The van der Waals surface area contributed by atoms with Crippen LogP contribution in [0, 0.1) is 0 Å². The largest absolute Gasteiger partial charge is 0.344 e. The first-order valence-corrected chi connectivity index (χ1v) is 7.91. The van der Waals surface area contributed by atoms with Crippen molar-refractivity contribution in [1.82, 2.24) is 10.3 Å². The number of amides is 1. The number of nitrogens with one attached hydrogen (secondary N) is 1. The molecule has 19 heavy (non-hydrogen) atoms. The number of hydrogen-bond donors (Lipinski definition) is 1. The quantitative estimate of drug-likeness (QED) is 0.833. The zero-order valence-corrected chi connectivity index (χ0v) is 12.6. The van der Waals surface area contributed by atoms with Gasteiger partial charge in [-0.05, 0) is 39.0 Å². The van der Waals surface area contributed by atoms with Crippen LogP contribution in [-0.4, -0.2) is 10.9 Å². The van der Waals surface area contributed by atoms with Gasteiger partial charge < -0.3 is 5.32 Å². The van der Waals surface area contributed by atoms with Crippen molar-refractivity contribution in [3.8, 4) is 0 Å². The Bertz CT molecular complexity index is 453. The molecule has 1 aromatic heterocycles. The molecule has 1 aliphatic rings. The molecule has 1 aliphatic carbocycles. The number of nitrogens with zero attached hydrogens (tertiary/aromatic N) is 1. The van der Waals surface area contributed by atoms with Gasteiger partial charge in [0.15, 0.2) is 0 Å². The van der Waals surface area contributed by atoms with Gasteiger partial charge in [-0.15, -0.1) is 11.3 Å². The standard InChI is InChI=1S/C15H22N2OS/c1-3-15(2,14-16-9-10-19-14)17-13(18)11-12-7-5-4-6-8-12/h7,9-10H,3-6,8,11H2,1-2H3,(H,17,18)/t15-/m1/s1. The highest BCUT2D eigenvalue weighted by Crippen LogP contribution is 2.27. The summed E-state index contributed by atoms with van der Waals surface area (Å²) in [6, 6.07) is 0. The van der Waals surface area contributed by atoms with Gasteiger partial charge in [0.2, 0.25) is 5.91 Å². The van der Waals surface area contributed by atoms with Crippen LogP contribution in [0.5, 0.6) is 0 Å². The number of aromatic nitrogens is 1. The van der Waals surface area contributed by atoms with E-state index in [2.05, 4.69) is 30.2 Å². The Balaban J connectivity index is 1.98. The molecule has 0 spiro atoms. The predicted octanol–water partition coefficient (Wildman–Crippen LogP) is 3.78. The molecule has 0 radical (unpaired) electrons. The number of hydrogen-bond acceptors (Lipinski definition) is 3. The normalized spacial score (nSPS) is 18.5. The molecular weight excluding hydrogens is 256 g/mol. The summed E-state index contributed by atoms with van der Waals surface area (Å²) in [6.45, 7) is 4.14. The van der Waals surface area contributed by atoms with Gasteiger partial charge in [0.1, 0.15) is 5.01 Å². The minimum absolute atomic E-state index is 0.118. The van der Waals surface area contributed by atoms with Gasteiger partial charge in [0.05, 0.1) is 5.54 Å². The molecule has 1 atom stereocenters. The molecule has 104 valence electrons. The number of allylic oxidation sites excluding steroid dienone is 1. The van der Waals surface area contributed by atoms with Crippen LogP contribution in [0.2, 0.25) is 0 Å². The van der Waals surface area contributed by atoms with E-state index in [0.29, 0.717) is 6.42 Å². The molecule has 0 unspecified atom stereocenters. The molecule has 0 aromatic carbocycles. The molecule has 0 saturated carbocycles. The first kappa shape index (κ1) is 14.3. The van der Waals surface area contributed by atoms with Gasteiger partial charge in [-0.1, -0.05) is 18.6 Å². The maximum atomic E-state index is 12.2. The monoisotopic (exact) mass is 278 g/mol. The lowest BCUT2D eigenvalue weighted by atomic mass is 9.95. The molecule has 4 heteroatoms. The average Bonchev–Trinajstić information content (AvgIpc) is 2.94. The Labute approximate surface area is 119 Å². The first-order valence-electron chi connectivity index (χ1n) is 7.03. The van der Waals surface area contributed by atoms with Gasteiger partial charge >= 0.3 is 0 Å². The number of rotatable bonds is 5. The minimum Gasteiger partial charge on any atom is -0.344 e. The second-order valence-electron chi connectivity index (χ2n) is 5.36. The third-order valence-corrected chi connectivity index (χ3v) is 4.84. The second kappa shape index (κ2) is 6.33. The van der Waals surface area contributed by atoms with Crippen LogP contribution < -0.4 is 5.32 Å². The van der Waals surface area contributed by atoms with E-state index in [9.17, 15) is 4.79 Å². The smallest absolute Gasteiger partial charge is 0.224 e. The van der Waals surface area contributed by atoms with E-state index in [1.807, 2.05) is 5.38 Å². The van der Waals surface area contributed by atoms with Crippen molar-refractivity contribution < 1.29 is 4.79 Å². The van der Waals surface area contributed by atoms with Crippen LogP contribution in [-0.2, 0) is 10.3 Å². The highest BCUT2D eigenvalue weighted by atomic mass is 32.1. The van der Waals surface area contributed by atoms with Gasteiger partial charge in [-0.25, -0.2) is 4.98 Å². The van der Waals surface area contributed by atoms with E-state index in [4.69, 9.17) is 0 Å². The maximum absolute atomic E-state index is 12.2. The summed E-state index contributed by atoms with van der Waals surface area (Å²) in [5, 5.41) is 6.11. The molecule has 2 rings (SSSR count). The summed E-state index contributed by atoms with van der Waals surface area (Å²) in [5.41, 5.74) is 0.960. The topological polar surface area (TPSA) is 42.0 Å². The molecular formula is C15H22N2OS. The summed E-state index contributed by atoms with van der Waals surface area (Å²) in [4.78, 5) is 16.6. The van der Waals surface area contributed by atoms with E-state index in [1.54, 1.807) is 17.5 Å². The van der Waals surface area contributed by atoms with Crippen LogP contribution in [0.25, 0.3) is 0 Å². The van der Waals surface area contributed by atoms with Crippen LogP contribution in [0.4, 0.5) is 0 Å². The van der Waals surface area contributed by atoms with E-state index < -0.39 is 0 Å². The fraction of sp³-hybridized carbons (Fsp3) is 0.600. The lowest BCUT2D eigenvalue weighted by molar-refractivity contribution is -0.122. The van der Waals surface area contributed by atoms with Crippen LogP contribution in [0.1, 0.15) is 57.4 Å². The summed E-state index contributed by atoms with van der Waals surface area (Å²) in [6.07, 6.45) is 10.1. The van der Waals surface area contributed by atoms with E-state index in [-0.39, 0.29) is 11.4 Å². The van der Waals surface area contributed by atoms with E-state index in [0.717, 1.165) is 24.3 Å². The molecule has 0 aliphatic heterocycles. The van der Waals surface area contributed by atoms with Crippen LogP contribution in [0.15, 0.2) is 23.2 Å². The minimum atomic E-state index is -0.333. The van der Waals surface area contributed by atoms with Crippen molar-refractivity contribution in [3.05, 3.63) is 28.2 Å². The van der Waals surface area contributed by atoms with Crippen LogP contribution in [0.3, 0.4) is 0 Å². The number of thiazole rings is 1. The molecule has 1 aromatic rings. The molecule has 0 fully saturated rings. The average molecular weight is 278 g/mol. The van der Waals surface area contributed by atoms with Crippen molar-refractivity contribution in [3.63, 3.8) is 0 Å². The highest BCUT2D eigenvalue weighted by molar-refractivity contribution is 7.09. The Morgan fingerprint density at radius 3 is 2.95 bits per heavy atom. The van der Waals surface area contributed by atoms with Gasteiger partial charge in [-0.3, -0.25) is 4.79 Å². The van der Waals surface area contributed by atoms with Crippen molar-refractivity contribution >= 4 is 17.2 Å². The van der Waals surface area contributed by atoms with Gasteiger partial charge in [0, 0.05) is 18.0 Å². The van der Waals surface area contributed by atoms with Gasteiger partial charge in [-0.2, -0.15) is 0 Å². The fourth-order valence-corrected chi connectivity index (χ4v) is 3.24. The first-order chi connectivity index (χ1) is 9.14. The zero-order valence-electron chi connectivity index (χ0n) is 11.7. The molecule has 1 amide bonds. The van der Waals surface area contributed by atoms with Crippen molar-refractivity contribution in [2.24, 2.45) is 0 Å². The summed E-state index contributed by atoms with van der Waals surface area (Å²) in [7, 11) is 0. The van der Waals surface area contributed by atoms with E-state index >= 15 is 0 Å². The van der Waals surface area contributed by atoms with Crippen molar-refractivity contribution in [2.75, 3.05) is 0 Å². The van der Waals surface area contributed by atoms with Crippen molar-refractivity contribution in [1.29, 1.82) is 0 Å². The number of carbonyl (C=O) groups excluding carboxylic acids is 1.